The van der Waals surface area contributed by atoms with Gasteiger partial charge in [0.25, 0.3) is 0 Å². The number of aromatic nitrogens is 1. The molecule has 5 heteroatoms. The number of ether oxygens (including phenoxy) is 1. The standard InChI is InChI=1S/C16H26N2O3/c1-10(2)15(19)17-14-7-11(16(14,3)4)6-12-8-13(9-20-5)21-18-12/h8,10-11,14H,6-7,9H2,1-5H3,(H,17,19)/t11-,14+/m1/s1. The lowest BCUT2D eigenvalue weighted by Crippen LogP contribution is -2.59. The number of amides is 1. The quantitative estimate of drug-likeness (QED) is 0.875. The number of hydrogen-bond acceptors (Lipinski definition) is 4. The van der Waals surface area contributed by atoms with Crippen LogP contribution < -0.4 is 5.32 Å². The maximum absolute atomic E-state index is 11.8. The predicted octanol–water partition coefficient (Wildman–Crippen LogP) is 2.55. The number of nitrogens with zero attached hydrogens (tertiary/aromatic N) is 1. The zero-order valence-electron chi connectivity index (χ0n) is 13.6. The second kappa shape index (κ2) is 6.18. The molecular weight excluding hydrogens is 268 g/mol. The lowest BCUT2D eigenvalue weighted by molar-refractivity contribution is -0.128. The maximum Gasteiger partial charge on any atom is 0.222 e. The average Bonchev–Trinajstić information content (AvgIpc) is 2.85. The highest BCUT2D eigenvalue weighted by molar-refractivity contribution is 5.78. The summed E-state index contributed by atoms with van der Waals surface area (Å²) in [7, 11) is 1.64. The van der Waals surface area contributed by atoms with Crippen molar-refractivity contribution in [3.8, 4) is 0 Å². The van der Waals surface area contributed by atoms with Gasteiger partial charge in [0.15, 0.2) is 5.76 Å². The fourth-order valence-corrected chi connectivity index (χ4v) is 2.86. The molecule has 2 atom stereocenters. The van der Waals surface area contributed by atoms with Gasteiger partial charge in [-0.25, -0.2) is 0 Å². The van der Waals surface area contributed by atoms with E-state index in [4.69, 9.17) is 9.26 Å². The molecule has 1 aliphatic rings. The number of rotatable bonds is 6. The number of methoxy groups -OCH3 is 1. The van der Waals surface area contributed by atoms with Gasteiger partial charge >= 0.3 is 0 Å². The molecule has 1 fully saturated rings. The Labute approximate surface area is 126 Å². The highest BCUT2D eigenvalue weighted by atomic mass is 16.5. The first-order valence-corrected chi connectivity index (χ1v) is 7.58. The first-order valence-electron chi connectivity index (χ1n) is 7.58. The number of hydrogen-bond donors (Lipinski definition) is 1. The molecule has 0 aromatic carbocycles. The molecule has 0 spiro atoms. The fraction of sp³-hybridized carbons (Fsp3) is 0.750. The number of nitrogens with one attached hydrogen (secondary N) is 1. The molecule has 1 aliphatic carbocycles. The van der Waals surface area contributed by atoms with E-state index in [9.17, 15) is 4.79 Å². The summed E-state index contributed by atoms with van der Waals surface area (Å²) < 4.78 is 10.3. The summed E-state index contributed by atoms with van der Waals surface area (Å²) in [6.45, 7) is 8.72. The van der Waals surface area contributed by atoms with E-state index in [1.807, 2.05) is 19.9 Å². The van der Waals surface area contributed by atoms with Gasteiger partial charge < -0.3 is 14.6 Å². The molecule has 1 N–H and O–H groups in total. The molecule has 2 rings (SSSR count). The van der Waals surface area contributed by atoms with Crippen LogP contribution in [0, 0.1) is 17.3 Å². The maximum atomic E-state index is 11.8. The van der Waals surface area contributed by atoms with Crippen LogP contribution in [0.25, 0.3) is 0 Å². The van der Waals surface area contributed by atoms with Crippen LogP contribution in [0.5, 0.6) is 0 Å². The summed E-state index contributed by atoms with van der Waals surface area (Å²) in [6.07, 6.45) is 1.88. The van der Waals surface area contributed by atoms with Crippen molar-refractivity contribution in [2.45, 2.75) is 53.2 Å². The van der Waals surface area contributed by atoms with Crippen molar-refractivity contribution < 1.29 is 14.1 Å². The molecule has 0 bridgehead atoms. The third kappa shape index (κ3) is 3.46. The third-order valence-electron chi connectivity index (χ3n) is 4.66. The van der Waals surface area contributed by atoms with Gasteiger partial charge in [-0.05, 0) is 24.2 Å². The molecular formula is C16H26N2O3. The van der Waals surface area contributed by atoms with Gasteiger partial charge in [-0.1, -0.05) is 32.9 Å². The summed E-state index contributed by atoms with van der Waals surface area (Å²) in [6, 6.07) is 2.21. The molecule has 1 heterocycles. The Bertz CT molecular complexity index is 493. The molecule has 21 heavy (non-hydrogen) atoms. The van der Waals surface area contributed by atoms with Crippen molar-refractivity contribution in [3.63, 3.8) is 0 Å². The van der Waals surface area contributed by atoms with Crippen LogP contribution in [-0.4, -0.2) is 24.2 Å². The summed E-state index contributed by atoms with van der Waals surface area (Å²) in [5.41, 5.74) is 1.05. The minimum Gasteiger partial charge on any atom is -0.377 e. The topological polar surface area (TPSA) is 64.4 Å². The lowest BCUT2D eigenvalue weighted by Gasteiger charge is -2.52. The van der Waals surface area contributed by atoms with Crippen molar-refractivity contribution in [3.05, 3.63) is 17.5 Å². The van der Waals surface area contributed by atoms with Gasteiger partial charge in [-0.2, -0.15) is 0 Å². The van der Waals surface area contributed by atoms with Crippen molar-refractivity contribution in [2.75, 3.05) is 7.11 Å². The summed E-state index contributed by atoms with van der Waals surface area (Å²) in [5.74, 6) is 1.44. The van der Waals surface area contributed by atoms with E-state index >= 15 is 0 Å². The molecule has 5 nitrogen and oxygen atoms in total. The van der Waals surface area contributed by atoms with Gasteiger partial charge in [0.2, 0.25) is 5.91 Å². The van der Waals surface area contributed by atoms with Crippen LogP contribution in [0.2, 0.25) is 0 Å². The number of carbonyl (C=O) groups is 1. The Balaban J connectivity index is 1.90. The molecule has 1 aromatic rings. The average molecular weight is 294 g/mol. The van der Waals surface area contributed by atoms with Crippen molar-refractivity contribution >= 4 is 5.91 Å². The van der Waals surface area contributed by atoms with Crippen molar-refractivity contribution in [1.29, 1.82) is 0 Å². The molecule has 1 amide bonds. The fourth-order valence-electron chi connectivity index (χ4n) is 2.86. The van der Waals surface area contributed by atoms with Crippen molar-refractivity contribution in [2.24, 2.45) is 17.3 Å². The Hall–Kier alpha value is -1.36. The Kier molecular flexibility index (Phi) is 4.71. The second-order valence-corrected chi connectivity index (χ2v) is 6.89. The van der Waals surface area contributed by atoms with E-state index in [1.165, 1.54) is 0 Å². The Morgan fingerprint density at radius 2 is 2.29 bits per heavy atom. The van der Waals surface area contributed by atoms with Crippen LogP contribution >= 0.6 is 0 Å². The van der Waals surface area contributed by atoms with E-state index in [-0.39, 0.29) is 23.3 Å². The highest BCUT2D eigenvalue weighted by Gasteiger charge is 2.48. The van der Waals surface area contributed by atoms with Gasteiger partial charge in [0.1, 0.15) is 6.61 Å². The molecule has 0 aliphatic heterocycles. The van der Waals surface area contributed by atoms with Crippen LogP contribution in [-0.2, 0) is 22.6 Å². The summed E-state index contributed by atoms with van der Waals surface area (Å²) in [4.78, 5) is 11.8. The third-order valence-corrected chi connectivity index (χ3v) is 4.66. The summed E-state index contributed by atoms with van der Waals surface area (Å²) >= 11 is 0. The van der Waals surface area contributed by atoms with E-state index in [1.54, 1.807) is 7.11 Å². The minimum atomic E-state index is 0.0343. The second-order valence-electron chi connectivity index (χ2n) is 6.89. The van der Waals surface area contributed by atoms with Gasteiger partial charge in [-0.15, -0.1) is 0 Å². The molecule has 0 radical (unpaired) electrons. The molecule has 0 saturated heterocycles. The number of carbonyl (C=O) groups excluding carboxylic acids is 1. The first-order chi connectivity index (χ1) is 9.84. The van der Waals surface area contributed by atoms with E-state index in [0.29, 0.717) is 12.5 Å². The molecule has 1 saturated carbocycles. The van der Waals surface area contributed by atoms with E-state index in [0.717, 1.165) is 24.3 Å². The van der Waals surface area contributed by atoms with Crippen LogP contribution in [0.4, 0.5) is 0 Å². The first kappa shape index (κ1) is 16.0. The Morgan fingerprint density at radius 1 is 1.57 bits per heavy atom. The van der Waals surface area contributed by atoms with Crippen LogP contribution in [0.1, 0.15) is 45.6 Å². The highest BCUT2D eigenvalue weighted by Crippen LogP contribution is 2.47. The molecule has 118 valence electrons. The largest absolute Gasteiger partial charge is 0.377 e. The zero-order chi connectivity index (χ0) is 15.6. The predicted molar refractivity (Wildman–Crippen MR) is 79.6 cm³/mol. The molecule has 0 unspecified atom stereocenters. The van der Waals surface area contributed by atoms with Gasteiger partial charge in [-0.3, -0.25) is 4.79 Å². The van der Waals surface area contributed by atoms with Gasteiger partial charge in [0, 0.05) is 25.1 Å². The Morgan fingerprint density at radius 3 is 2.86 bits per heavy atom. The van der Waals surface area contributed by atoms with Gasteiger partial charge in [0.05, 0.1) is 5.69 Å². The molecule has 1 aromatic heterocycles. The van der Waals surface area contributed by atoms with Crippen molar-refractivity contribution in [1.82, 2.24) is 10.5 Å². The summed E-state index contributed by atoms with van der Waals surface area (Å²) in [5, 5.41) is 7.24. The lowest BCUT2D eigenvalue weighted by atomic mass is 9.57. The van der Waals surface area contributed by atoms with E-state index in [2.05, 4.69) is 24.3 Å². The zero-order valence-corrected chi connectivity index (χ0v) is 13.6. The van der Waals surface area contributed by atoms with Crippen LogP contribution in [0.15, 0.2) is 10.6 Å². The normalized spacial score (nSPS) is 23.9. The monoisotopic (exact) mass is 294 g/mol. The van der Waals surface area contributed by atoms with E-state index < -0.39 is 0 Å². The SMILES string of the molecule is COCc1cc(C[C@@H]2C[C@H](NC(=O)C(C)C)C2(C)C)no1. The minimum absolute atomic E-state index is 0.0343. The van der Waals surface area contributed by atoms with Crippen LogP contribution in [0.3, 0.4) is 0 Å². The smallest absolute Gasteiger partial charge is 0.222 e.